The smallest absolute Gasteiger partial charge is 0.256 e. The molecule has 6 heterocycles. The van der Waals surface area contributed by atoms with Crippen molar-refractivity contribution >= 4 is 195 Å². The van der Waals surface area contributed by atoms with Gasteiger partial charge >= 0.3 is 0 Å². The van der Waals surface area contributed by atoms with E-state index < -0.39 is 0 Å². The highest BCUT2D eigenvalue weighted by molar-refractivity contribution is 7.27. The van der Waals surface area contributed by atoms with E-state index in [-0.39, 0.29) is 13.4 Å². The standard InChI is InChI=1S/C96H61B2N5OS2/c1-7-30-62(31-8-1)70-44-27-45-71(63-32-9-2-10-33-63)94(70)103-84-61-83-78(60-79(84)97-76-48-21-23-50-80(76)101(67-40-17-6-18-41-67)85-56-68(57-86(103)92(85)97)99(64-34-11-3-12-35-64)65-36-13-4-14-37-65)98-77-49-22-24-53-88(77)104-89-59-69(58-87(93(89)98)102(83)82-52-29-47-75-73-43-20-26-55-91(73)106-96(75)82)100(66-38-15-5-16-39-66)81-51-28-46-74-72-42-19-25-54-90(72)105-95(74)81/h1-61H. The Morgan fingerprint density at radius 3 is 1.36 bits per heavy atom. The van der Waals surface area contributed by atoms with Crippen molar-refractivity contribution in [1.82, 2.24) is 0 Å². The highest BCUT2D eigenvalue weighted by Crippen LogP contribution is 2.56. The lowest BCUT2D eigenvalue weighted by molar-refractivity contribution is 0.487. The van der Waals surface area contributed by atoms with Crippen LogP contribution in [0.15, 0.2) is 370 Å². The van der Waals surface area contributed by atoms with E-state index in [2.05, 4.69) is 395 Å². The average molecular weight is 1390 g/mol. The summed E-state index contributed by atoms with van der Waals surface area (Å²) >= 11 is 3.72. The number of nitrogens with zero attached hydrogens (tertiary/aromatic N) is 5. The van der Waals surface area contributed by atoms with E-state index in [1.165, 1.54) is 62.2 Å². The molecule has 0 N–H and O–H groups in total. The predicted octanol–water partition coefficient (Wildman–Crippen LogP) is 23.2. The molecule has 0 saturated carbocycles. The lowest BCUT2D eigenvalue weighted by atomic mass is 9.30. The number of hydrogen-bond donors (Lipinski definition) is 0. The highest BCUT2D eigenvalue weighted by Gasteiger charge is 2.49. The summed E-state index contributed by atoms with van der Waals surface area (Å²) in [6.45, 7) is -0.525. The molecule has 0 aliphatic carbocycles. The van der Waals surface area contributed by atoms with Crippen LogP contribution in [-0.2, 0) is 0 Å². The second-order valence-electron chi connectivity index (χ2n) is 27.8. The monoisotopic (exact) mass is 1390 g/mol. The first-order chi connectivity index (χ1) is 52.6. The summed E-state index contributed by atoms with van der Waals surface area (Å²) in [6, 6.07) is 137. The summed E-state index contributed by atoms with van der Waals surface area (Å²) in [7, 11) is 0. The number of fused-ring (bicyclic) bond motifs is 14. The largest absolute Gasteiger partial charge is 0.458 e. The van der Waals surface area contributed by atoms with E-state index in [9.17, 15) is 0 Å². The maximum absolute atomic E-state index is 7.60. The zero-order chi connectivity index (χ0) is 69.5. The first kappa shape index (κ1) is 60.5. The second-order valence-corrected chi connectivity index (χ2v) is 29.9. The van der Waals surface area contributed by atoms with Gasteiger partial charge in [-0.1, -0.05) is 255 Å². The van der Waals surface area contributed by atoms with Crippen LogP contribution in [0.2, 0.25) is 0 Å². The normalized spacial score (nSPS) is 12.9. The van der Waals surface area contributed by atoms with Crippen LogP contribution in [-0.4, -0.2) is 13.4 Å². The zero-order valence-corrected chi connectivity index (χ0v) is 59.0. The minimum atomic E-state index is -0.267. The molecule has 0 atom stereocenters. The third-order valence-corrected chi connectivity index (χ3v) is 24.4. The first-order valence-corrected chi connectivity index (χ1v) is 37.9. The third-order valence-electron chi connectivity index (χ3n) is 22.0. The van der Waals surface area contributed by atoms with E-state index in [4.69, 9.17) is 4.74 Å². The van der Waals surface area contributed by atoms with Crippen LogP contribution in [0.4, 0.5) is 85.3 Å². The number of rotatable bonds is 11. The quantitative estimate of drug-likeness (QED) is 0.120. The Hall–Kier alpha value is -13.1. The van der Waals surface area contributed by atoms with E-state index >= 15 is 0 Å². The molecule has 6 nitrogen and oxygen atoms in total. The summed E-state index contributed by atoms with van der Waals surface area (Å²) < 4.78 is 12.5. The van der Waals surface area contributed by atoms with Crippen LogP contribution in [0.5, 0.6) is 11.5 Å². The summed E-state index contributed by atoms with van der Waals surface area (Å²) in [5.74, 6) is 1.67. The Labute approximate surface area is 623 Å². The fraction of sp³-hybridized carbons (Fsp3) is 0. The van der Waals surface area contributed by atoms with Crippen molar-refractivity contribution in [3.8, 4) is 33.8 Å². The van der Waals surface area contributed by atoms with Gasteiger partial charge in [-0.2, -0.15) is 0 Å². The number of benzene rings is 16. The molecule has 4 aliphatic heterocycles. The molecule has 106 heavy (non-hydrogen) atoms. The van der Waals surface area contributed by atoms with Crippen molar-refractivity contribution in [3.63, 3.8) is 0 Å². The van der Waals surface area contributed by atoms with E-state index in [0.29, 0.717) is 0 Å². The molecule has 0 saturated heterocycles. The fourth-order valence-electron chi connectivity index (χ4n) is 17.6. The number of anilines is 15. The Balaban J connectivity index is 0.902. The Bertz CT molecular complexity index is 6460. The zero-order valence-electron chi connectivity index (χ0n) is 57.3. The molecule has 16 aromatic carbocycles. The van der Waals surface area contributed by atoms with Crippen LogP contribution in [0.1, 0.15) is 0 Å². The maximum atomic E-state index is 7.60. The van der Waals surface area contributed by atoms with Crippen LogP contribution in [0.3, 0.4) is 0 Å². The van der Waals surface area contributed by atoms with Crippen LogP contribution < -0.4 is 62.0 Å². The van der Waals surface area contributed by atoms with Gasteiger partial charge in [0.05, 0.1) is 37.8 Å². The number of para-hydroxylation sites is 7. The molecular formula is C96H61B2N5OS2. The molecule has 0 unspecified atom stereocenters. The minimum Gasteiger partial charge on any atom is -0.458 e. The average Bonchev–Trinajstić information content (AvgIpc) is 0.702. The van der Waals surface area contributed by atoms with Gasteiger partial charge in [-0.25, -0.2) is 0 Å². The van der Waals surface area contributed by atoms with Gasteiger partial charge in [0.1, 0.15) is 11.5 Å². The topological polar surface area (TPSA) is 25.4 Å². The first-order valence-electron chi connectivity index (χ1n) is 36.3. The van der Waals surface area contributed by atoms with Crippen molar-refractivity contribution in [2.75, 3.05) is 24.5 Å². The summed E-state index contributed by atoms with van der Waals surface area (Å²) in [6.07, 6.45) is 0. The van der Waals surface area contributed by atoms with Crippen molar-refractivity contribution in [1.29, 1.82) is 0 Å². The van der Waals surface area contributed by atoms with Gasteiger partial charge in [0, 0.05) is 105 Å². The molecular weight excluding hydrogens is 1320 g/mol. The van der Waals surface area contributed by atoms with Gasteiger partial charge in [-0.05, 0) is 153 Å². The number of hydrogen-bond acceptors (Lipinski definition) is 8. The lowest BCUT2D eigenvalue weighted by Gasteiger charge is -2.47. The highest BCUT2D eigenvalue weighted by atomic mass is 32.1. The maximum Gasteiger partial charge on any atom is 0.256 e. The second kappa shape index (κ2) is 24.3. The molecule has 494 valence electrons. The molecule has 4 aliphatic rings. The molecule has 0 amide bonds. The van der Waals surface area contributed by atoms with Gasteiger partial charge < -0.3 is 29.2 Å². The Morgan fingerprint density at radius 2 is 0.717 bits per heavy atom. The van der Waals surface area contributed by atoms with Crippen LogP contribution >= 0.6 is 22.7 Å². The van der Waals surface area contributed by atoms with E-state index in [1.54, 1.807) is 0 Å². The fourth-order valence-corrected chi connectivity index (χ4v) is 20.0. The number of thiophene rings is 2. The van der Waals surface area contributed by atoms with Crippen molar-refractivity contribution in [3.05, 3.63) is 370 Å². The number of ether oxygens (including phenoxy) is 1. The van der Waals surface area contributed by atoms with Gasteiger partial charge in [0.15, 0.2) is 0 Å². The third kappa shape index (κ3) is 9.31. The molecule has 0 bridgehead atoms. The van der Waals surface area contributed by atoms with E-state index in [1.807, 2.05) is 22.7 Å². The van der Waals surface area contributed by atoms with Gasteiger partial charge in [0.2, 0.25) is 0 Å². The van der Waals surface area contributed by atoms with Gasteiger partial charge in [-0.15, -0.1) is 22.7 Å². The molecule has 18 aromatic rings. The minimum absolute atomic E-state index is 0.258. The van der Waals surface area contributed by atoms with Crippen molar-refractivity contribution in [2.24, 2.45) is 0 Å². The van der Waals surface area contributed by atoms with Crippen LogP contribution in [0, 0.1) is 0 Å². The van der Waals surface area contributed by atoms with Crippen molar-refractivity contribution < 1.29 is 4.74 Å². The van der Waals surface area contributed by atoms with Crippen LogP contribution in [0.25, 0.3) is 62.6 Å². The lowest BCUT2D eigenvalue weighted by Crippen LogP contribution is -2.64. The van der Waals surface area contributed by atoms with E-state index in [0.717, 1.165) is 130 Å². The summed E-state index contributed by atoms with van der Waals surface area (Å²) in [5.41, 5.74) is 27.7. The SMILES string of the molecule is c1ccc(-c2cccc(-c3ccccc3)c2N2c3cc4c(cc3B3c5ccccc5N(c5ccccc5)c5cc(N(c6ccccc6)c6ccccc6)cc2c53)B2c3ccccc3Oc3cc(N(c5ccccc5)c5cccc6c5sc5ccccc56)cc(c32)N4c2cccc3c2sc2ccccc23)cc1. The molecule has 22 rings (SSSR count). The molecule has 2 aromatic heterocycles. The molecule has 10 heteroatoms. The Kier molecular flexibility index (Phi) is 13.8. The van der Waals surface area contributed by atoms with Crippen molar-refractivity contribution in [2.45, 2.75) is 0 Å². The molecule has 0 fully saturated rings. The molecule has 0 radical (unpaired) electrons. The summed E-state index contributed by atoms with van der Waals surface area (Å²) in [4.78, 5) is 12.8. The predicted molar refractivity (Wildman–Crippen MR) is 452 cm³/mol. The van der Waals surface area contributed by atoms with Gasteiger partial charge in [-0.3, -0.25) is 0 Å². The molecule has 0 spiro atoms. The van der Waals surface area contributed by atoms with Gasteiger partial charge in [0.25, 0.3) is 13.4 Å². The Morgan fingerprint density at radius 1 is 0.264 bits per heavy atom. The summed E-state index contributed by atoms with van der Waals surface area (Å²) in [5, 5.41) is 4.95.